The van der Waals surface area contributed by atoms with Gasteiger partial charge in [-0.3, -0.25) is 9.59 Å². The number of nitrogens with one attached hydrogen (secondary N) is 1. The van der Waals surface area contributed by atoms with Gasteiger partial charge in [0, 0.05) is 5.92 Å². The summed E-state index contributed by atoms with van der Waals surface area (Å²) < 4.78 is 10.9. The van der Waals surface area contributed by atoms with Crippen LogP contribution in [0.3, 0.4) is 0 Å². The Balaban J connectivity index is 1.08. The minimum atomic E-state index is -0.912. The standard InChI is InChI=1S/C28H22N2O7/c31-25-20-11-5-6-12-21(20)26(32)30(25)37-27(33)23-13-35-15-24(23)29-28(34)36-14-22-18-9-3-1-7-16(18)17-8-2-4-10-19(17)22/h1-12,22-24H,13-15H2,(H,29,34)/t23-,24+/m0/s1. The zero-order chi connectivity index (χ0) is 25.5. The fourth-order valence-electron chi connectivity index (χ4n) is 5.13. The fourth-order valence-corrected chi connectivity index (χ4v) is 5.13. The molecule has 0 aromatic heterocycles. The Morgan fingerprint density at radius 3 is 1.95 bits per heavy atom. The first-order chi connectivity index (χ1) is 18.0. The number of fused-ring (bicyclic) bond motifs is 4. The average molecular weight is 498 g/mol. The van der Waals surface area contributed by atoms with Gasteiger partial charge < -0.3 is 19.6 Å². The Bertz CT molecular complexity index is 1350. The summed E-state index contributed by atoms with van der Waals surface area (Å²) in [7, 11) is 0. The lowest BCUT2D eigenvalue weighted by atomic mass is 9.98. The van der Waals surface area contributed by atoms with E-state index in [0.717, 1.165) is 22.3 Å². The molecular formula is C28H22N2O7. The van der Waals surface area contributed by atoms with Crippen molar-refractivity contribution < 1.29 is 33.5 Å². The predicted octanol–water partition coefficient (Wildman–Crippen LogP) is 3.29. The molecule has 37 heavy (non-hydrogen) atoms. The Morgan fingerprint density at radius 1 is 0.811 bits per heavy atom. The van der Waals surface area contributed by atoms with E-state index in [1.807, 2.05) is 36.4 Å². The predicted molar refractivity (Wildman–Crippen MR) is 129 cm³/mol. The third-order valence-electron chi connectivity index (χ3n) is 6.97. The second-order valence-electron chi connectivity index (χ2n) is 9.08. The van der Waals surface area contributed by atoms with Crippen molar-refractivity contribution in [3.63, 3.8) is 0 Å². The number of hydrogen-bond donors (Lipinski definition) is 1. The second kappa shape index (κ2) is 9.18. The first-order valence-corrected chi connectivity index (χ1v) is 11.9. The number of hydroxylamine groups is 2. The molecule has 2 atom stereocenters. The van der Waals surface area contributed by atoms with E-state index in [1.54, 1.807) is 12.1 Å². The number of amides is 3. The van der Waals surface area contributed by atoms with E-state index in [-0.39, 0.29) is 36.9 Å². The minimum absolute atomic E-state index is 0.0314. The van der Waals surface area contributed by atoms with Crippen LogP contribution in [0.15, 0.2) is 72.8 Å². The average Bonchev–Trinajstić information content (AvgIpc) is 3.58. The van der Waals surface area contributed by atoms with Gasteiger partial charge in [0.05, 0.1) is 30.4 Å². The third-order valence-corrected chi connectivity index (χ3v) is 6.97. The van der Waals surface area contributed by atoms with Gasteiger partial charge in [-0.25, -0.2) is 9.59 Å². The van der Waals surface area contributed by atoms with Gasteiger partial charge in [0.2, 0.25) is 0 Å². The Labute approximate surface area is 211 Å². The zero-order valence-electron chi connectivity index (χ0n) is 19.6. The lowest BCUT2D eigenvalue weighted by molar-refractivity contribution is -0.174. The quantitative estimate of drug-likeness (QED) is 0.538. The molecule has 2 aliphatic heterocycles. The van der Waals surface area contributed by atoms with Crippen LogP contribution in [0, 0.1) is 5.92 Å². The summed E-state index contributed by atoms with van der Waals surface area (Å²) in [5.41, 5.74) is 4.73. The molecule has 1 fully saturated rings. The molecule has 9 nitrogen and oxygen atoms in total. The second-order valence-corrected chi connectivity index (χ2v) is 9.08. The van der Waals surface area contributed by atoms with Gasteiger partial charge in [0.1, 0.15) is 12.5 Å². The van der Waals surface area contributed by atoms with Crippen LogP contribution in [-0.2, 0) is 19.1 Å². The van der Waals surface area contributed by atoms with Crippen LogP contribution in [0.25, 0.3) is 11.1 Å². The van der Waals surface area contributed by atoms with Gasteiger partial charge in [0.15, 0.2) is 0 Å². The van der Waals surface area contributed by atoms with Gasteiger partial charge in [-0.05, 0) is 34.4 Å². The molecule has 6 rings (SSSR count). The van der Waals surface area contributed by atoms with Gasteiger partial charge in [0.25, 0.3) is 11.8 Å². The summed E-state index contributed by atoms with van der Waals surface area (Å²) >= 11 is 0. The summed E-state index contributed by atoms with van der Waals surface area (Å²) in [6.07, 6.45) is -0.698. The Morgan fingerprint density at radius 2 is 1.35 bits per heavy atom. The highest BCUT2D eigenvalue weighted by atomic mass is 16.7. The van der Waals surface area contributed by atoms with Gasteiger partial charge in [-0.2, -0.15) is 0 Å². The van der Waals surface area contributed by atoms with E-state index in [2.05, 4.69) is 17.4 Å². The highest BCUT2D eigenvalue weighted by Crippen LogP contribution is 2.44. The number of rotatable bonds is 5. The Hall–Kier alpha value is -4.50. The molecule has 1 aliphatic carbocycles. The molecule has 3 aromatic rings. The van der Waals surface area contributed by atoms with E-state index in [9.17, 15) is 19.2 Å². The molecular weight excluding hydrogens is 476 g/mol. The van der Waals surface area contributed by atoms with E-state index in [0.29, 0.717) is 5.06 Å². The molecule has 0 radical (unpaired) electrons. The SMILES string of the molecule is O=C(N[C@@H]1COC[C@@H]1C(=O)ON1C(=O)c2ccccc2C1=O)OCC1c2ccccc2-c2ccccc21. The topological polar surface area (TPSA) is 111 Å². The molecule has 0 unspecified atom stereocenters. The van der Waals surface area contributed by atoms with Crippen molar-refractivity contribution in [1.29, 1.82) is 0 Å². The Kier molecular flexibility index (Phi) is 5.69. The number of ether oxygens (including phenoxy) is 2. The summed E-state index contributed by atoms with van der Waals surface area (Å²) in [6, 6.07) is 21.5. The highest BCUT2D eigenvalue weighted by molar-refractivity contribution is 6.20. The van der Waals surface area contributed by atoms with Crippen molar-refractivity contribution in [2.24, 2.45) is 5.92 Å². The summed E-state index contributed by atoms with van der Waals surface area (Å²) in [5, 5.41) is 3.12. The fraction of sp³-hybridized carbons (Fsp3) is 0.214. The maximum atomic E-state index is 12.8. The molecule has 0 bridgehead atoms. The smallest absolute Gasteiger partial charge is 0.407 e. The molecule has 0 saturated carbocycles. The van der Waals surface area contributed by atoms with E-state index in [1.165, 1.54) is 12.1 Å². The largest absolute Gasteiger partial charge is 0.449 e. The first-order valence-electron chi connectivity index (χ1n) is 11.9. The molecule has 3 aromatic carbocycles. The monoisotopic (exact) mass is 498 g/mol. The van der Waals surface area contributed by atoms with Crippen LogP contribution < -0.4 is 5.32 Å². The van der Waals surface area contributed by atoms with Crippen molar-refractivity contribution in [2.75, 3.05) is 19.8 Å². The van der Waals surface area contributed by atoms with Crippen LogP contribution in [0.2, 0.25) is 0 Å². The van der Waals surface area contributed by atoms with Crippen LogP contribution in [0.1, 0.15) is 37.8 Å². The van der Waals surface area contributed by atoms with Crippen molar-refractivity contribution >= 4 is 23.9 Å². The van der Waals surface area contributed by atoms with Crippen molar-refractivity contribution in [2.45, 2.75) is 12.0 Å². The van der Waals surface area contributed by atoms with Crippen LogP contribution in [0.4, 0.5) is 4.79 Å². The van der Waals surface area contributed by atoms with Crippen LogP contribution in [0.5, 0.6) is 0 Å². The van der Waals surface area contributed by atoms with Gasteiger partial charge in [-0.1, -0.05) is 65.7 Å². The number of imide groups is 1. The normalized spacial score (nSPS) is 19.8. The van der Waals surface area contributed by atoms with Crippen molar-refractivity contribution in [1.82, 2.24) is 10.4 Å². The van der Waals surface area contributed by atoms with Gasteiger partial charge in [-0.15, -0.1) is 0 Å². The molecule has 1 N–H and O–H groups in total. The number of nitrogens with zero attached hydrogens (tertiary/aromatic N) is 1. The molecule has 9 heteroatoms. The lowest BCUT2D eigenvalue weighted by Gasteiger charge is -2.21. The molecule has 1 saturated heterocycles. The molecule has 3 aliphatic rings. The summed E-state index contributed by atoms with van der Waals surface area (Å²) in [5.74, 6) is -3.30. The van der Waals surface area contributed by atoms with Gasteiger partial charge >= 0.3 is 12.1 Å². The lowest BCUT2D eigenvalue weighted by Crippen LogP contribution is -2.45. The molecule has 186 valence electrons. The van der Waals surface area contributed by atoms with Crippen LogP contribution in [-0.4, -0.2) is 54.8 Å². The molecule has 2 heterocycles. The number of alkyl carbamates (subject to hydrolysis) is 1. The molecule has 3 amide bonds. The summed E-state index contributed by atoms with van der Waals surface area (Å²) in [6.45, 7) is 0.153. The summed E-state index contributed by atoms with van der Waals surface area (Å²) in [4.78, 5) is 55.7. The third kappa shape index (κ3) is 3.93. The highest BCUT2D eigenvalue weighted by Gasteiger charge is 2.43. The van der Waals surface area contributed by atoms with E-state index >= 15 is 0 Å². The van der Waals surface area contributed by atoms with Crippen molar-refractivity contribution in [3.8, 4) is 11.1 Å². The number of carbonyl (C=O) groups excluding carboxylic acids is 4. The number of hydrogen-bond acceptors (Lipinski definition) is 7. The van der Waals surface area contributed by atoms with Crippen LogP contribution >= 0.6 is 0 Å². The number of benzene rings is 3. The zero-order valence-corrected chi connectivity index (χ0v) is 19.6. The number of carbonyl (C=O) groups is 4. The molecule has 0 spiro atoms. The minimum Gasteiger partial charge on any atom is -0.449 e. The van der Waals surface area contributed by atoms with Crippen molar-refractivity contribution in [3.05, 3.63) is 95.1 Å². The maximum absolute atomic E-state index is 12.8. The maximum Gasteiger partial charge on any atom is 0.407 e. The first kappa shape index (κ1) is 22.9. The van der Waals surface area contributed by atoms with E-state index < -0.39 is 35.8 Å². The van der Waals surface area contributed by atoms with E-state index in [4.69, 9.17) is 14.3 Å².